The minimum atomic E-state index is -0.805. The van der Waals surface area contributed by atoms with E-state index >= 15 is 0 Å². The average Bonchev–Trinajstić information content (AvgIpc) is 2.89. The van der Waals surface area contributed by atoms with Crippen molar-refractivity contribution >= 4 is 5.91 Å². The number of aliphatic hydroxyl groups excluding tert-OH is 1. The summed E-state index contributed by atoms with van der Waals surface area (Å²) >= 11 is 0. The van der Waals surface area contributed by atoms with Crippen molar-refractivity contribution in [2.75, 3.05) is 13.1 Å². The molecule has 19 heavy (non-hydrogen) atoms. The van der Waals surface area contributed by atoms with E-state index in [1.165, 1.54) is 24.3 Å². The summed E-state index contributed by atoms with van der Waals surface area (Å²) in [5, 5.41) is 15.8. The Hall–Kier alpha value is -1.46. The summed E-state index contributed by atoms with van der Waals surface area (Å²) in [6.07, 6.45) is 1.77. The number of aliphatic hydroxyl groups is 1. The van der Waals surface area contributed by atoms with Crippen LogP contribution in [0.3, 0.4) is 0 Å². The molecule has 1 aliphatic heterocycles. The van der Waals surface area contributed by atoms with Crippen LogP contribution in [-0.4, -0.2) is 30.1 Å². The molecule has 2 unspecified atom stereocenters. The number of carbonyl (C=O) groups is 1. The zero-order valence-corrected chi connectivity index (χ0v) is 10.7. The van der Waals surface area contributed by atoms with E-state index in [1.807, 2.05) is 0 Å². The molecule has 3 N–H and O–H groups in total. The van der Waals surface area contributed by atoms with E-state index in [-0.39, 0.29) is 24.3 Å². The van der Waals surface area contributed by atoms with Crippen LogP contribution in [0.1, 0.15) is 30.9 Å². The van der Waals surface area contributed by atoms with Crippen molar-refractivity contribution in [2.45, 2.75) is 31.4 Å². The number of benzene rings is 1. The van der Waals surface area contributed by atoms with Gasteiger partial charge >= 0.3 is 0 Å². The van der Waals surface area contributed by atoms with Gasteiger partial charge in [0.2, 0.25) is 5.91 Å². The highest BCUT2D eigenvalue weighted by Gasteiger charge is 2.18. The quantitative estimate of drug-likeness (QED) is 0.748. The number of halogens is 1. The van der Waals surface area contributed by atoms with Gasteiger partial charge in [-0.25, -0.2) is 4.39 Å². The number of nitrogens with one attached hydrogen (secondary N) is 2. The molecule has 1 saturated heterocycles. The molecule has 1 aromatic carbocycles. The lowest BCUT2D eigenvalue weighted by atomic mass is 10.1. The second kappa shape index (κ2) is 6.63. The second-order valence-corrected chi connectivity index (χ2v) is 4.87. The van der Waals surface area contributed by atoms with Gasteiger partial charge in [-0.15, -0.1) is 0 Å². The monoisotopic (exact) mass is 266 g/mol. The Labute approximate surface area is 112 Å². The standard InChI is InChI=1S/C14H19FN2O2/c15-11-5-3-10(4-6-11)13(18)9-17-14(19)8-12-2-1-7-16-12/h3-6,12-13,16,18H,1-2,7-9H2,(H,17,19). The van der Waals surface area contributed by atoms with Crippen LogP contribution in [0.5, 0.6) is 0 Å². The van der Waals surface area contributed by atoms with Gasteiger partial charge in [0.25, 0.3) is 0 Å². The number of hydrogen-bond donors (Lipinski definition) is 3. The summed E-state index contributed by atoms with van der Waals surface area (Å²) in [4.78, 5) is 11.7. The SMILES string of the molecule is O=C(CC1CCCN1)NCC(O)c1ccc(F)cc1. The zero-order valence-electron chi connectivity index (χ0n) is 10.7. The average molecular weight is 266 g/mol. The van der Waals surface area contributed by atoms with Gasteiger partial charge < -0.3 is 15.7 Å². The number of hydrogen-bond acceptors (Lipinski definition) is 3. The Kier molecular flexibility index (Phi) is 4.87. The van der Waals surface area contributed by atoms with Crippen molar-refractivity contribution in [1.29, 1.82) is 0 Å². The molecule has 0 radical (unpaired) electrons. The number of carbonyl (C=O) groups excluding carboxylic acids is 1. The Morgan fingerprint density at radius 2 is 2.21 bits per heavy atom. The first-order valence-electron chi connectivity index (χ1n) is 6.59. The van der Waals surface area contributed by atoms with Crippen molar-refractivity contribution in [3.8, 4) is 0 Å². The largest absolute Gasteiger partial charge is 0.387 e. The first-order valence-corrected chi connectivity index (χ1v) is 6.59. The lowest BCUT2D eigenvalue weighted by Gasteiger charge is -2.14. The van der Waals surface area contributed by atoms with E-state index in [9.17, 15) is 14.3 Å². The predicted octanol–water partition coefficient (Wildman–Crippen LogP) is 1.12. The number of rotatable bonds is 5. The van der Waals surface area contributed by atoms with E-state index in [2.05, 4.69) is 10.6 Å². The molecule has 2 atom stereocenters. The maximum Gasteiger partial charge on any atom is 0.221 e. The van der Waals surface area contributed by atoms with Gasteiger partial charge in [-0.05, 0) is 37.1 Å². The molecule has 0 spiro atoms. The minimum Gasteiger partial charge on any atom is -0.387 e. The highest BCUT2D eigenvalue weighted by molar-refractivity contribution is 5.76. The molecule has 0 aliphatic carbocycles. The van der Waals surface area contributed by atoms with Gasteiger partial charge in [-0.2, -0.15) is 0 Å². The molecular weight excluding hydrogens is 247 g/mol. The summed E-state index contributed by atoms with van der Waals surface area (Å²) in [5.41, 5.74) is 0.598. The molecular formula is C14H19FN2O2. The first-order chi connectivity index (χ1) is 9.15. The topological polar surface area (TPSA) is 61.4 Å². The molecule has 1 fully saturated rings. The van der Waals surface area contributed by atoms with Crippen molar-refractivity contribution in [3.63, 3.8) is 0 Å². The summed E-state index contributed by atoms with van der Waals surface area (Å²) in [5.74, 6) is -0.409. The fourth-order valence-electron chi connectivity index (χ4n) is 2.24. The summed E-state index contributed by atoms with van der Waals surface area (Å²) in [6, 6.07) is 5.88. The molecule has 1 aromatic rings. The minimum absolute atomic E-state index is 0.0689. The van der Waals surface area contributed by atoms with E-state index < -0.39 is 6.10 Å². The van der Waals surface area contributed by atoms with Crippen LogP contribution in [0, 0.1) is 5.82 Å². The van der Waals surface area contributed by atoms with Gasteiger partial charge in [-0.3, -0.25) is 4.79 Å². The molecule has 5 heteroatoms. The van der Waals surface area contributed by atoms with Crippen LogP contribution >= 0.6 is 0 Å². The normalized spacial score (nSPS) is 20.2. The van der Waals surface area contributed by atoms with Crippen LogP contribution in [0.4, 0.5) is 4.39 Å². The fraction of sp³-hybridized carbons (Fsp3) is 0.500. The Morgan fingerprint density at radius 1 is 1.47 bits per heavy atom. The van der Waals surface area contributed by atoms with Crippen molar-refractivity contribution in [1.82, 2.24) is 10.6 Å². The molecule has 2 rings (SSSR count). The Morgan fingerprint density at radius 3 is 2.84 bits per heavy atom. The molecule has 1 heterocycles. The Balaban J connectivity index is 1.74. The maximum atomic E-state index is 12.7. The van der Waals surface area contributed by atoms with Crippen molar-refractivity contribution in [2.24, 2.45) is 0 Å². The number of amides is 1. The lowest BCUT2D eigenvalue weighted by molar-refractivity contribution is -0.122. The molecule has 1 amide bonds. The van der Waals surface area contributed by atoms with Crippen LogP contribution in [0.15, 0.2) is 24.3 Å². The molecule has 0 saturated carbocycles. The second-order valence-electron chi connectivity index (χ2n) is 4.87. The molecule has 104 valence electrons. The lowest BCUT2D eigenvalue weighted by Crippen LogP contribution is -2.34. The van der Waals surface area contributed by atoms with Crippen molar-refractivity contribution in [3.05, 3.63) is 35.6 Å². The smallest absolute Gasteiger partial charge is 0.221 e. The maximum absolute atomic E-state index is 12.7. The Bertz CT molecular complexity index is 416. The third-order valence-corrected chi connectivity index (χ3v) is 3.34. The zero-order chi connectivity index (χ0) is 13.7. The van der Waals surface area contributed by atoms with Gasteiger partial charge in [0.1, 0.15) is 5.82 Å². The highest BCUT2D eigenvalue weighted by Crippen LogP contribution is 2.13. The van der Waals surface area contributed by atoms with Crippen LogP contribution < -0.4 is 10.6 Å². The van der Waals surface area contributed by atoms with E-state index in [0.717, 1.165) is 19.4 Å². The summed E-state index contributed by atoms with van der Waals surface area (Å²) in [6.45, 7) is 1.12. The van der Waals surface area contributed by atoms with E-state index in [0.29, 0.717) is 12.0 Å². The third-order valence-electron chi connectivity index (χ3n) is 3.34. The molecule has 4 nitrogen and oxygen atoms in total. The van der Waals surface area contributed by atoms with Crippen LogP contribution in [-0.2, 0) is 4.79 Å². The summed E-state index contributed by atoms with van der Waals surface area (Å²) < 4.78 is 12.7. The predicted molar refractivity (Wildman–Crippen MR) is 70.0 cm³/mol. The molecule has 0 bridgehead atoms. The van der Waals surface area contributed by atoms with Crippen LogP contribution in [0.2, 0.25) is 0 Å². The first kappa shape index (κ1) is 14.0. The van der Waals surface area contributed by atoms with Gasteiger partial charge in [0.15, 0.2) is 0 Å². The summed E-state index contributed by atoms with van der Waals surface area (Å²) in [7, 11) is 0. The highest BCUT2D eigenvalue weighted by atomic mass is 19.1. The van der Waals surface area contributed by atoms with Crippen molar-refractivity contribution < 1.29 is 14.3 Å². The molecule has 0 aromatic heterocycles. The fourth-order valence-corrected chi connectivity index (χ4v) is 2.24. The van der Waals surface area contributed by atoms with E-state index in [4.69, 9.17) is 0 Å². The van der Waals surface area contributed by atoms with Crippen LogP contribution in [0.25, 0.3) is 0 Å². The molecule has 1 aliphatic rings. The van der Waals surface area contributed by atoms with Gasteiger partial charge in [-0.1, -0.05) is 12.1 Å². The van der Waals surface area contributed by atoms with Gasteiger partial charge in [0.05, 0.1) is 6.10 Å². The van der Waals surface area contributed by atoms with Gasteiger partial charge in [0, 0.05) is 19.0 Å². The third kappa shape index (κ3) is 4.29. The van der Waals surface area contributed by atoms with E-state index in [1.54, 1.807) is 0 Å².